The molecule has 0 atom stereocenters. The molecule has 46 valence electrons. The van der Waals surface area contributed by atoms with Gasteiger partial charge >= 0.3 is 5.97 Å². The summed E-state index contributed by atoms with van der Waals surface area (Å²) in [5.41, 5.74) is 0. The Morgan fingerprint density at radius 2 is 2.38 bits per heavy atom. The second-order valence-electron chi connectivity index (χ2n) is 1.00. The highest BCUT2D eigenvalue weighted by molar-refractivity contribution is 5.75. The van der Waals surface area contributed by atoms with Crippen molar-refractivity contribution in [2.24, 2.45) is 5.16 Å². The quantitative estimate of drug-likeness (QED) is 0.224. The lowest BCUT2D eigenvalue weighted by atomic mass is 10.8. The largest absolute Gasteiger partial charge is 0.411 e. The van der Waals surface area contributed by atoms with Gasteiger partial charge in [-0.1, -0.05) is 5.16 Å². The van der Waals surface area contributed by atoms with E-state index in [1.807, 2.05) is 0 Å². The van der Waals surface area contributed by atoms with E-state index in [1.54, 1.807) is 0 Å². The standard InChI is InChI=1S/C4H7NO3/c1-4(6)8-3-5-7-2/h3H,1-2H3. The van der Waals surface area contributed by atoms with Crippen LogP contribution in [0, 0.1) is 0 Å². The van der Waals surface area contributed by atoms with Gasteiger partial charge in [0.25, 0.3) is 0 Å². The predicted molar refractivity (Wildman–Crippen MR) is 27.3 cm³/mol. The molecule has 0 rings (SSSR count). The van der Waals surface area contributed by atoms with Crippen LogP contribution in [0.15, 0.2) is 5.16 Å². The maximum atomic E-state index is 9.95. The van der Waals surface area contributed by atoms with Crippen LogP contribution in [0.4, 0.5) is 0 Å². The van der Waals surface area contributed by atoms with Crippen LogP contribution in [0.25, 0.3) is 0 Å². The highest BCUT2D eigenvalue weighted by Gasteiger charge is 1.82. The number of esters is 1. The Hall–Kier alpha value is -1.06. The topological polar surface area (TPSA) is 47.9 Å². The normalized spacial score (nSPS) is 9.25. The van der Waals surface area contributed by atoms with E-state index < -0.39 is 5.97 Å². The molecule has 4 heteroatoms. The van der Waals surface area contributed by atoms with E-state index in [9.17, 15) is 4.79 Å². The van der Waals surface area contributed by atoms with Gasteiger partial charge in [0.1, 0.15) is 7.11 Å². The minimum absolute atomic E-state index is 0.411. The zero-order chi connectivity index (χ0) is 6.41. The first kappa shape index (κ1) is 6.94. The monoisotopic (exact) mass is 117 g/mol. The summed E-state index contributed by atoms with van der Waals surface area (Å²) in [5, 5.41) is 3.14. The third kappa shape index (κ3) is 4.94. The molecule has 0 spiro atoms. The van der Waals surface area contributed by atoms with Crippen molar-refractivity contribution in [3.8, 4) is 0 Å². The van der Waals surface area contributed by atoms with E-state index in [1.165, 1.54) is 14.0 Å². The number of hydrogen-bond donors (Lipinski definition) is 0. The molecule has 0 aliphatic carbocycles. The summed E-state index contributed by atoms with van der Waals surface area (Å²) in [7, 11) is 1.36. The average Bonchev–Trinajstić information content (AvgIpc) is 1.66. The second-order valence-corrected chi connectivity index (χ2v) is 1.00. The van der Waals surface area contributed by atoms with Gasteiger partial charge in [-0.3, -0.25) is 4.79 Å². The molecule has 0 amide bonds. The molecule has 0 saturated carbocycles. The molecule has 0 aromatic heterocycles. The van der Waals surface area contributed by atoms with Gasteiger partial charge in [0.15, 0.2) is 0 Å². The predicted octanol–water partition coefficient (Wildman–Crippen LogP) is 0.139. The van der Waals surface area contributed by atoms with Crippen molar-refractivity contribution in [3.05, 3.63) is 0 Å². The molecule has 0 aliphatic rings. The van der Waals surface area contributed by atoms with Crippen LogP contribution in [0.1, 0.15) is 6.92 Å². The first-order chi connectivity index (χ1) is 3.77. The lowest BCUT2D eigenvalue weighted by Crippen LogP contribution is -1.94. The van der Waals surface area contributed by atoms with Gasteiger partial charge in [-0.15, -0.1) is 0 Å². The van der Waals surface area contributed by atoms with Gasteiger partial charge < -0.3 is 9.57 Å². The van der Waals surface area contributed by atoms with Crippen molar-refractivity contribution in [3.63, 3.8) is 0 Å². The van der Waals surface area contributed by atoms with Gasteiger partial charge in [0.05, 0.1) is 0 Å². The summed E-state index contributed by atoms with van der Waals surface area (Å²) >= 11 is 0. The van der Waals surface area contributed by atoms with E-state index in [0.29, 0.717) is 0 Å². The van der Waals surface area contributed by atoms with Crippen molar-refractivity contribution in [2.45, 2.75) is 6.92 Å². The van der Waals surface area contributed by atoms with Crippen molar-refractivity contribution in [2.75, 3.05) is 7.11 Å². The second kappa shape index (κ2) is 4.11. The van der Waals surface area contributed by atoms with Gasteiger partial charge in [0.2, 0.25) is 6.40 Å². The molecular weight excluding hydrogens is 110 g/mol. The van der Waals surface area contributed by atoms with Crippen molar-refractivity contribution < 1.29 is 14.4 Å². The third-order valence-electron chi connectivity index (χ3n) is 0.367. The van der Waals surface area contributed by atoms with Crippen LogP contribution in [0.5, 0.6) is 0 Å². The van der Waals surface area contributed by atoms with E-state index in [4.69, 9.17) is 0 Å². The summed E-state index contributed by atoms with van der Waals surface area (Å²) in [5.74, 6) is -0.411. The maximum absolute atomic E-state index is 9.95. The Labute approximate surface area is 47.1 Å². The highest BCUT2D eigenvalue weighted by atomic mass is 16.6. The smallest absolute Gasteiger partial charge is 0.309 e. The fraction of sp³-hybridized carbons (Fsp3) is 0.500. The zero-order valence-electron chi connectivity index (χ0n) is 4.75. The minimum atomic E-state index is -0.411. The Bertz CT molecular complexity index is 99.5. The third-order valence-corrected chi connectivity index (χ3v) is 0.367. The van der Waals surface area contributed by atoms with E-state index >= 15 is 0 Å². The fourth-order valence-electron chi connectivity index (χ4n) is 0.139. The zero-order valence-corrected chi connectivity index (χ0v) is 4.75. The average molecular weight is 117 g/mol. The molecule has 0 radical (unpaired) electrons. The molecule has 0 heterocycles. The molecule has 0 unspecified atom stereocenters. The Morgan fingerprint density at radius 3 is 2.75 bits per heavy atom. The van der Waals surface area contributed by atoms with E-state index in [2.05, 4.69) is 14.7 Å². The van der Waals surface area contributed by atoms with Gasteiger partial charge in [-0.25, -0.2) is 0 Å². The first-order valence-corrected chi connectivity index (χ1v) is 1.99. The van der Waals surface area contributed by atoms with Crippen LogP contribution in [0.3, 0.4) is 0 Å². The molecule has 0 bridgehead atoms. The first-order valence-electron chi connectivity index (χ1n) is 1.99. The molecule has 0 N–H and O–H groups in total. The summed E-state index contributed by atoms with van der Waals surface area (Å²) in [6.07, 6.45) is 0.933. The molecular formula is C4H7NO3. The van der Waals surface area contributed by atoms with Gasteiger partial charge in [-0.05, 0) is 0 Å². The van der Waals surface area contributed by atoms with Crippen LogP contribution >= 0.6 is 0 Å². The molecule has 0 fully saturated rings. The Morgan fingerprint density at radius 1 is 1.75 bits per heavy atom. The Kier molecular flexibility index (Phi) is 3.56. The number of carbonyl (C=O) groups is 1. The van der Waals surface area contributed by atoms with Crippen LogP contribution in [-0.2, 0) is 14.4 Å². The van der Waals surface area contributed by atoms with Crippen molar-refractivity contribution in [1.29, 1.82) is 0 Å². The minimum Gasteiger partial charge on any atom is -0.411 e. The highest BCUT2D eigenvalue weighted by Crippen LogP contribution is 1.69. The number of nitrogens with zero attached hydrogens (tertiary/aromatic N) is 1. The van der Waals surface area contributed by atoms with E-state index in [-0.39, 0.29) is 0 Å². The molecule has 0 aromatic rings. The van der Waals surface area contributed by atoms with Crippen LogP contribution < -0.4 is 0 Å². The summed E-state index contributed by atoms with van der Waals surface area (Å²) in [6.45, 7) is 1.28. The molecule has 0 aromatic carbocycles. The summed E-state index contributed by atoms with van der Waals surface area (Å²) in [4.78, 5) is 14.1. The Balaban J connectivity index is 3.16. The lowest BCUT2D eigenvalue weighted by molar-refractivity contribution is -0.132. The SMILES string of the molecule is CON=COC(C)=O. The van der Waals surface area contributed by atoms with Crippen molar-refractivity contribution in [1.82, 2.24) is 0 Å². The fourth-order valence-corrected chi connectivity index (χ4v) is 0.139. The number of rotatable bonds is 2. The molecule has 0 aliphatic heterocycles. The molecule has 4 nitrogen and oxygen atoms in total. The number of oxime groups is 1. The lowest BCUT2D eigenvalue weighted by Gasteiger charge is -1.86. The molecule has 0 saturated heterocycles. The van der Waals surface area contributed by atoms with Gasteiger partial charge in [-0.2, -0.15) is 0 Å². The maximum Gasteiger partial charge on any atom is 0.309 e. The van der Waals surface area contributed by atoms with Crippen LogP contribution in [-0.4, -0.2) is 19.5 Å². The molecule has 8 heavy (non-hydrogen) atoms. The number of ether oxygens (including phenoxy) is 1. The van der Waals surface area contributed by atoms with E-state index in [0.717, 1.165) is 6.40 Å². The summed E-state index contributed by atoms with van der Waals surface area (Å²) < 4.78 is 4.23. The summed E-state index contributed by atoms with van der Waals surface area (Å²) in [6, 6.07) is 0. The van der Waals surface area contributed by atoms with Gasteiger partial charge in [0, 0.05) is 6.92 Å². The number of hydrogen-bond acceptors (Lipinski definition) is 4. The number of carbonyl (C=O) groups excluding carboxylic acids is 1. The van der Waals surface area contributed by atoms with Crippen molar-refractivity contribution >= 4 is 12.4 Å². The van der Waals surface area contributed by atoms with Crippen LogP contribution in [0.2, 0.25) is 0 Å².